The van der Waals surface area contributed by atoms with Crippen molar-refractivity contribution in [2.75, 3.05) is 11.9 Å². The minimum absolute atomic E-state index is 0.0243. The van der Waals surface area contributed by atoms with Crippen molar-refractivity contribution in [3.05, 3.63) is 59.4 Å². The number of rotatable bonds is 4. The van der Waals surface area contributed by atoms with E-state index in [2.05, 4.69) is 10.3 Å². The van der Waals surface area contributed by atoms with E-state index in [-0.39, 0.29) is 6.61 Å². The molecule has 2 rings (SSSR count). The predicted octanol–water partition coefficient (Wildman–Crippen LogP) is 3.05. The van der Waals surface area contributed by atoms with Crippen molar-refractivity contribution >= 4 is 17.3 Å². The van der Waals surface area contributed by atoms with Gasteiger partial charge in [-0.25, -0.2) is 0 Å². The molecule has 3 nitrogen and oxygen atoms in total. The minimum Gasteiger partial charge on any atom is -0.394 e. The van der Waals surface area contributed by atoms with E-state index in [0.29, 0.717) is 5.02 Å². The number of aliphatic hydroxyl groups is 1. The summed E-state index contributed by atoms with van der Waals surface area (Å²) in [5, 5.41) is 13.6. The first-order chi connectivity index (χ1) is 8.64. The smallest absolute Gasteiger partial charge is 0.0829 e. The maximum absolute atomic E-state index is 9.65. The number of anilines is 1. The number of hydrogen-bond acceptors (Lipinski definition) is 3. The topological polar surface area (TPSA) is 45.1 Å². The van der Waals surface area contributed by atoms with Crippen molar-refractivity contribution in [3.8, 4) is 0 Å². The molecule has 0 radical (unpaired) electrons. The number of nitrogens with one attached hydrogen (secondary N) is 1. The number of aromatic nitrogens is 1. The van der Waals surface area contributed by atoms with Gasteiger partial charge in [-0.1, -0.05) is 17.7 Å². The maximum Gasteiger partial charge on any atom is 0.0829 e. The molecule has 2 aromatic rings. The molecule has 0 amide bonds. The Bertz CT molecular complexity index is 518. The molecule has 1 unspecified atom stereocenters. The third kappa shape index (κ3) is 2.81. The maximum atomic E-state index is 9.65. The lowest BCUT2D eigenvalue weighted by Gasteiger charge is -2.30. The van der Waals surface area contributed by atoms with Gasteiger partial charge in [0.2, 0.25) is 0 Å². The van der Waals surface area contributed by atoms with Gasteiger partial charge in [-0.2, -0.15) is 0 Å². The van der Waals surface area contributed by atoms with E-state index in [1.54, 1.807) is 12.4 Å². The summed E-state index contributed by atoms with van der Waals surface area (Å²) < 4.78 is 0. The second-order valence-electron chi connectivity index (χ2n) is 4.36. The van der Waals surface area contributed by atoms with Gasteiger partial charge in [-0.3, -0.25) is 4.98 Å². The second-order valence-corrected chi connectivity index (χ2v) is 4.80. The van der Waals surface area contributed by atoms with E-state index in [0.717, 1.165) is 11.3 Å². The molecule has 0 spiro atoms. The van der Waals surface area contributed by atoms with Crippen LogP contribution in [0.25, 0.3) is 0 Å². The Labute approximate surface area is 111 Å². The summed E-state index contributed by atoms with van der Waals surface area (Å²) in [6.45, 7) is 1.91. The molecular formula is C14H15ClN2O. The molecule has 0 aliphatic carbocycles. The van der Waals surface area contributed by atoms with Gasteiger partial charge in [0.1, 0.15) is 0 Å². The summed E-state index contributed by atoms with van der Waals surface area (Å²) in [4.78, 5) is 3.98. The van der Waals surface area contributed by atoms with Crippen molar-refractivity contribution in [1.29, 1.82) is 0 Å². The molecule has 0 aliphatic rings. The molecule has 0 bridgehead atoms. The number of pyridine rings is 1. The Hall–Kier alpha value is -1.58. The van der Waals surface area contributed by atoms with Crippen molar-refractivity contribution in [2.24, 2.45) is 0 Å². The number of aliphatic hydroxyl groups excluding tert-OH is 1. The molecule has 0 fully saturated rings. The SMILES string of the molecule is CC(CO)(Nc1cccc(Cl)c1)c1ccncc1. The first-order valence-electron chi connectivity index (χ1n) is 5.69. The molecule has 4 heteroatoms. The highest BCUT2D eigenvalue weighted by Crippen LogP contribution is 2.26. The van der Waals surface area contributed by atoms with Crippen LogP contribution in [0.4, 0.5) is 5.69 Å². The molecule has 2 N–H and O–H groups in total. The summed E-state index contributed by atoms with van der Waals surface area (Å²) in [6, 6.07) is 11.2. The molecular weight excluding hydrogens is 248 g/mol. The highest BCUT2D eigenvalue weighted by Gasteiger charge is 2.25. The molecule has 0 aliphatic heterocycles. The fourth-order valence-electron chi connectivity index (χ4n) is 1.81. The van der Waals surface area contributed by atoms with Gasteiger partial charge in [0.25, 0.3) is 0 Å². The van der Waals surface area contributed by atoms with Crippen molar-refractivity contribution < 1.29 is 5.11 Å². The lowest BCUT2D eigenvalue weighted by molar-refractivity contribution is 0.224. The van der Waals surface area contributed by atoms with E-state index in [1.807, 2.05) is 43.3 Å². The van der Waals surface area contributed by atoms with Crippen LogP contribution >= 0.6 is 11.6 Å². The van der Waals surface area contributed by atoms with Crippen molar-refractivity contribution in [2.45, 2.75) is 12.5 Å². The summed E-state index contributed by atoms with van der Waals surface area (Å²) in [5.74, 6) is 0. The summed E-state index contributed by atoms with van der Waals surface area (Å²) >= 11 is 5.95. The van der Waals surface area contributed by atoms with Crippen molar-refractivity contribution in [1.82, 2.24) is 4.98 Å². The van der Waals surface area contributed by atoms with Gasteiger partial charge in [-0.15, -0.1) is 0 Å². The molecule has 1 aromatic carbocycles. The first kappa shape index (κ1) is 12.9. The van der Waals surface area contributed by atoms with Crippen LogP contribution in [0, 0.1) is 0 Å². The standard InChI is InChI=1S/C14H15ClN2O/c1-14(10-18,11-5-7-16-8-6-11)17-13-4-2-3-12(15)9-13/h2-9,17-18H,10H2,1H3. The number of hydrogen-bond donors (Lipinski definition) is 2. The molecule has 0 saturated carbocycles. The zero-order chi connectivity index (χ0) is 13.0. The van der Waals surface area contributed by atoms with Crippen LogP contribution in [0.2, 0.25) is 5.02 Å². The van der Waals surface area contributed by atoms with Gasteiger partial charge < -0.3 is 10.4 Å². The average Bonchev–Trinajstić information content (AvgIpc) is 2.39. The lowest BCUT2D eigenvalue weighted by atomic mass is 9.93. The van der Waals surface area contributed by atoms with Crippen LogP contribution in [-0.2, 0) is 5.54 Å². The normalized spacial score (nSPS) is 13.9. The molecule has 18 heavy (non-hydrogen) atoms. The Balaban J connectivity index is 2.29. The van der Waals surface area contributed by atoms with Gasteiger partial charge in [0, 0.05) is 23.1 Å². The Morgan fingerprint density at radius 3 is 2.61 bits per heavy atom. The number of halogens is 1. The zero-order valence-electron chi connectivity index (χ0n) is 10.1. The van der Waals surface area contributed by atoms with Gasteiger partial charge in [0.15, 0.2) is 0 Å². The van der Waals surface area contributed by atoms with Crippen LogP contribution in [0.5, 0.6) is 0 Å². The number of benzene rings is 1. The third-order valence-corrected chi connectivity index (χ3v) is 3.11. The Kier molecular flexibility index (Phi) is 3.84. The summed E-state index contributed by atoms with van der Waals surface area (Å²) in [7, 11) is 0. The van der Waals surface area contributed by atoms with Gasteiger partial charge in [-0.05, 0) is 42.8 Å². The van der Waals surface area contributed by atoms with Crippen LogP contribution in [0.1, 0.15) is 12.5 Å². The predicted molar refractivity (Wildman–Crippen MR) is 73.7 cm³/mol. The number of nitrogens with zero attached hydrogens (tertiary/aromatic N) is 1. The molecule has 1 heterocycles. The van der Waals surface area contributed by atoms with Crippen LogP contribution in [0.15, 0.2) is 48.8 Å². The summed E-state index contributed by atoms with van der Waals surface area (Å²) in [6.07, 6.45) is 3.42. The van der Waals surface area contributed by atoms with Crippen molar-refractivity contribution in [3.63, 3.8) is 0 Å². The fourth-order valence-corrected chi connectivity index (χ4v) is 2.00. The third-order valence-electron chi connectivity index (χ3n) is 2.88. The van der Waals surface area contributed by atoms with E-state index >= 15 is 0 Å². The zero-order valence-corrected chi connectivity index (χ0v) is 10.9. The highest BCUT2D eigenvalue weighted by atomic mass is 35.5. The molecule has 1 atom stereocenters. The molecule has 1 aromatic heterocycles. The Morgan fingerprint density at radius 1 is 1.28 bits per heavy atom. The van der Waals surface area contributed by atoms with Gasteiger partial charge in [0.05, 0.1) is 12.1 Å². The van der Waals surface area contributed by atoms with E-state index < -0.39 is 5.54 Å². The fraction of sp³-hybridized carbons (Fsp3) is 0.214. The monoisotopic (exact) mass is 262 g/mol. The van der Waals surface area contributed by atoms with E-state index in [1.165, 1.54) is 0 Å². The molecule has 94 valence electrons. The average molecular weight is 263 g/mol. The first-order valence-corrected chi connectivity index (χ1v) is 6.07. The van der Waals surface area contributed by atoms with Crippen LogP contribution in [-0.4, -0.2) is 16.7 Å². The largest absolute Gasteiger partial charge is 0.394 e. The second kappa shape index (κ2) is 5.38. The highest BCUT2D eigenvalue weighted by molar-refractivity contribution is 6.30. The van der Waals surface area contributed by atoms with E-state index in [4.69, 9.17) is 11.6 Å². The summed E-state index contributed by atoms with van der Waals surface area (Å²) in [5.41, 5.74) is 1.28. The van der Waals surface area contributed by atoms with Gasteiger partial charge >= 0.3 is 0 Å². The van der Waals surface area contributed by atoms with Crippen LogP contribution in [0.3, 0.4) is 0 Å². The quantitative estimate of drug-likeness (QED) is 0.890. The molecule has 0 saturated heterocycles. The lowest BCUT2D eigenvalue weighted by Crippen LogP contribution is -2.35. The van der Waals surface area contributed by atoms with E-state index in [9.17, 15) is 5.11 Å². The minimum atomic E-state index is -0.562. The Morgan fingerprint density at radius 2 is 2.00 bits per heavy atom. The van der Waals surface area contributed by atoms with Crippen LogP contribution < -0.4 is 5.32 Å².